The Balaban J connectivity index is 1.69. The molecular weight excluding hydrogens is 321 g/mol. The molecule has 2 fully saturated rings. The number of amides is 1. The van der Waals surface area contributed by atoms with Crippen LogP contribution in [0.3, 0.4) is 0 Å². The number of aromatic nitrogens is 1. The van der Waals surface area contributed by atoms with Crippen LogP contribution in [-0.2, 0) is 9.31 Å². The fraction of sp³-hybridized carbons (Fsp3) is 0.647. The highest BCUT2D eigenvalue weighted by Gasteiger charge is 2.51. The first-order valence-electron chi connectivity index (χ1n) is 8.67. The Morgan fingerprint density at radius 1 is 1.24 bits per heavy atom. The van der Waals surface area contributed by atoms with Crippen molar-refractivity contribution in [3.05, 3.63) is 18.3 Å². The number of carboxylic acid groups (broad SMARTS) is 1. The maximum atomic E-state index is 11.2. The van der Waals surface area contributed by atoms with Crippen LogP contribution in [0.25, 0.3) is 0 Å². The average Bonchev–Trinajstić information content (AvgIpc) is 2.75. The summed E-state index contributed by atoms with van der Waals surface area (Å²) in [5.41, 5.74) is 0.136. The third-order valence-corrected chi connectivity index (χ3v) is 5.49. The van der Waals surface area contributed by atoms with Gasteiger partial charge in [0.15, 0.2) is 0 Å². The van der Waals surface area contributed by atoms with Crippen molar-refractivity contribution in [2.75, 3.05) is 24.5 Å². The molecule has 1 atom stereocenters. The lowest BCUT2D eigenvalue weighted by molar-refractivity contribution is 0.00578. The second-order valence-corrected chi connectivity index (χ2v) is 7.81. The predicted molar refractivity (Wildman–Crippen MR) is 96.4 cm³/mol. The Hall–Kier alpha value is -1.80. The highest BCUT2D eigenvalue weighted by molar-refractivity contribution is 6.62. The fourth-order valence-corrected chi connectivity index (χ4v) is 3.15. The molecule has 2 saturated heterocycles. The molecule has 8 heteroatoms. The van der Waals surface area contributed by atoms with E-state index in [2.05, 4.69) is 9.88 Å². The fourth-order valence-electron chi connectivity index (χ4n) is 3.15. The highest BCUT2D eigenvalue weighted by atomic mass is 16.7. The Morgan fingerprint density at radius 3 is 2.36 bits per heavy atom. The Labute approximate surface area is 149 Å². The zero-order valence-corrected chi connectivity index (χ0v) is 15.5. The first kappa shape index (κ1) is 18.0. The molecular formula is C17H26BN3O4. The van der Waals surface area contributed by atoms with Gasteiger partial charge in [0.25, 0.3) is 0 Å². The minimum atomic E-state index is -0.865. The van der Waals surface area contributed by atoms with Crippen molar-refractivity contribution in [1.82, 2.24) is 9.88 Å². The molecule has 0 unspecified atom stereocenters. The molecule has 3 heterocycles. The van der Waals surface area contributed by atoms with Crippen molar-refractivity contribution in [2.45, 2.75) is 51.9 Å². The Morgan fingerprint density at radius 2 is 1.88 bits per heavy atom. The van der Waals surface area contributed by atoms with Gasteiger partial charge in [-0.1, -0.05) is 6.07 Å². The van der Waals surface area contributed by atoms with E-state index in [-0.39, 0.29) is 17.2 Å². The predicted octanol–water partition coefficient (Wildman–Crippen LogP) is 1.57. The Bertz CT molecular complexity index is 634. The number of rotatable bonds is 2. The summed E-state index contributed by atoms with van der Waals surface area (Å²) in [7, 11) is -0.422. The standard InChI is InChI=1S/C17H26BN3O4/c1-12-11-20(8-9-21(12)15(22)23)14-7-6-13(10-19-14)18-24-16(2,3)17(4,5)25-18/h6-7,10,12H,8-9,11H2,1-5H3,(H,22,23)/t12-/m1/s1. The van der Waals surface area contributed by atoms with E-state index in [1.165, 1.54) is 4.90 Å². The van der Waals surface area contributed by atoms with Crippen LogP contribution in [0.5, 0.6) is 0 Å². The molecule has 2 aliphatic rings. The van der Waals surface area contributed by atoms with Gasteiger partial charge >= 0.3 is 13.2 Å². The van der Waals surface area contributed by atoms with Crippen molar-refractivity contribution in [1.29, 1.82) is 0 Å². The minimum absolute atomic E-state index is 0.0594. The van der Waals surface area contributed by atoms with Gasteiger partial charge in [-0.3, -0.25) is 0 Å². The molecule has 0 aliphatic carbocycles. The third-order valence-electron chi connectivity index (χ3n) is 5.49. The molecule has 2 aliphatic heterocycles. The molecule has 7 nitrogen and oxygen atoms in total. The SMILES string of the molecule is C[C@@H]1CN(c2ccc(B3OC(C)(C)C(C)(C)O3)cn2)CCN1C(=O)O. The monoisotopic (exact) mass is 347 g/mol. The smallest absolute Gasteiger partial charge is 0.465 e. The third kappa shape index (κ3) is 3.33. The number of piperazine rings is 1. The quantitative estimate of drug-likeness (QED) is 0.819. The summed E-state index contributed by atoms with van der Waals surface area (Å²) in [5, 5.41) is 9.17. The molecule has 1 N–H and O–H groups in total. The highest BCUT2D eigenvalue weighted by Crippen LogP contribution is 2.36. The number of hydrogen-bond acceptors (Lipinski definition) is 5. The van der Waals surface area contributed by atoms with Gasteiger partial charge in [-0.25, -0.2) is 9.78 Å². The van der Waals surface area contributed by atoms with Gasteiger partial charge < -0.3 is 24.2 Å². The van der Waals surface area contributed by atoms with E-state index in [1.54, 1.807) is 6.20 Å². The zero-order chi connectivity index (χ0) is 18.4. The second kappa shape index (κ2) is 6.18. The maximum absolute atomic E-state index is 11.2. The van der Waals surface area contributed by atoms with E-state index in [0.29, 0.717) is 19.6 Å². The molecule has 1 aromatic rings. The first-order valence-corrected chi connectivity index (χ1v) is 8.67. The molecule has 3 rings (SSSR count). The molecule has 25 heavy (non-hydrogen) atoms. The van der Waals surface area contributed by atoms with Crippen LogP contribution < -0.4 is 10.4 Å². The largest absolute Gasteiger partial charge is 0.496 e. The number of anilines is 1. The summed E-state index contributed by atoms with van der Waals surface area (Å²) in [6.45, 7) is 11.8. The van der Waals surface area contributed by atoms with Crippen molar-refractivity contribution in [2.24, 2.45) is 0 Å². The Kier molecular flexibility index (Phi) is 4.45. The molecule has 136 valence electrons. The van der Waals surface area contributed by atoms with E-state index >= 15 is 0 Å². The zero-order valence-electron chi connectivity index (χ0n) is 15.5. The van der Waals surface area contributed by atoms with Gasteiger partial charge in [0.05, 0.1) is 11.2 Å². The molecule has 0 spiro atoms. The lowest BCUT2D eigenvalue weighted by Gasteiger charge is -2.38. The lowest BCUT2D eigenvalue weighted by Crippen LogP contribution is -2.54. The van der Waals surface area contributed by atoms with E-state index < -0.39 is 13.2 Å². The molecule has 0 radical (unpaired) electrons. The van der Waals surface area contributed by atoms with Gasteiger partial charge in [0, 0.05) is 37.3 Å². The molecule has 0 aromatic carbocycles. The van der Waals surface area contributed by atoms with Gasteiger partial charge in [0.1, 0.15) is 5.82 Å². The van der Waals surface area contributed by atoms with Crippen LogP contribution in [0.2, 0.25) is 0 Å². The lowest BCUT2D eigenvalue weighted by atomic mass is 9.80. The van der Waals surface area contributed by atoms with Crippen LogP contribution in [0.15, 0.2) is 18.3 Å². The molecule has 0 bridgehead atoms. The van der Waals surface area contributed by atoms with Crippen LogP contribution in [0.4, 0.5) is 10.6 Å². The number of nitrogens with zero attached hydrogens (tertiary/aromatic N) is 3. The minimum Gasteiger partial charge on any atom is -0.465 e. The van der Waals surface area contributed by atoms with Crippen LogP contribution in [0, 0.1) is 0 Å². The van der Waals surface area contributed by atoms with Gasteiger partial charge in [0.2, 0.25) is 0 Å². The van der Waals surface area contributed by atoms with Crippen LogP contribution in [0.1, 0.15) is 34.6 Å². The summed E-state index contributed by atoms with van der Waals surface area (Å²) in [4.78, 5) is 19.3. The van der Waals surface area contributed by atoms with E-state index in [1.807, 2.05) is 46.8 Å². The number of pyridine rings is 1. The number of carbonyl (C=O) groups is 1. The van der Waals surface area contributed by atoms with Crippen LogP contribution in [-0.4, -0.2) is 65.1 Å². The van der Waals surface area contributed by atoms with Crippen molar-refractivity contribution in [3.63, 3.8) is 0 Å². The van der Waals surface area contributed by atoms with Gasteiger partial charge in [-0.15, -0.1) is 0 Å². The van der Waals surface area contributed by atoms with E-state index in [0.717, 1.165) is 11.3 Å². The van der Waals surface area contributed by atoms with Crippen molar-refractivity contribution >= 4 is 24.5 Å². The first-order chi connectivity index (χ1) is 11.6. The summed E-state index contributed by atoms with van der Waals surface area (Å²) >= 11 is 0. The summed E-state index contributed by atoms with van der Waals surface area (Å²) in [5.74, 6) is 0.845. The molecule has 0 saturated carbocycles. The van der Waals surface area contributed by atoms with E-state index in [4.69, 9.17) is 9.31 Å². The van der Waals surface area contributed by atoms with Gasteiger partial charge in [-0.2, -0.15) is 0 Å². The summed E-state index contributed by atoms with van der Waals surface area (Å²) in [6, 6.07) is 3.86. The molecule has 1 amide bonds. The maximum Gasteiger partial charge on any atom is 0.496 e. The number of hydrogen-bond donors (Lipinski definition) is 1. The van der Waals surface area contributed by atoms with Crippen LogP contribution >= 0.6 is 0 Å². The summed E-state index contributed by atoms with van der Waals surface area (Å²) < 4.78 is 12.1. The topological polar surface area (TPSA) is 75.1 Å². The van der Waals surface area contributed by atoms with Gasteiger partial charge in [-0.05, 0) is 40.7 Å². The summed E-state index contributed by atoms with van der Waals surface area (Å²) in [6.07, 6.45) is 0.919. The van der Waals surface area contributed by atoms with Crippen molar-refractivity contribution in [3.8, 4) is 0 Å². The second-order valence-electron chi connectivity index (χ2n) is 7.81. The average molecular weight is 347 g/mol. The molecule has 1 aromatic heterocycles. The van der Waals surface area contributed by atoms with E-state index in [9.17, 15) is 9.90 Å². The van der Waals surface area contributed by atoms with Crippen molar-refractivity contribution < 1.29 is 19.2 Å². The normalized spacial score (nSPS) is 25.3.